The van der Waals surface area contributed by atoms with E-state index in [4.69, 9.17) is 4.74 Å². The lowest BCUT2D eigenvalue weighted by atomic mass is 10.0. The highest BCUT2D eigenvalue weighted by molar-refractivity contribution is 6.12. The van der Waals surface area contributed by atoms with E-state index in [9.17, 15) is 9.59 Å². The van der Waals surface area contributed by atoms with Crippen LogP contribution in [0.15, 0.2) is 41.2 Å². The van der Waals surface area contributed by atoms with E-state index in [0.717, 1.165) is 6.54 Å². The number of carbonyl (C=O) groups excluding carboxylic acids is 1. The van der Waals surface area contributed by atoms with Crippen molar-refractivity contribution in [3.8, 4) is 5.75 Å². The van der Waals surface area contributed by atoms with Crippen LogP contribution in [0.3, 0.4) is 0 Å². The first-order valence-corrected chi connectivity index (χ1v) is 6.75. The Morgan fingerprint density at radius 1 is 1.10 bits per heavy atom. The molecule has 0 N–H and O–H groups in total. The van der Waals surface area contributed by atoms with Gasteiger partial charge in [0, 0.05) is 31.8 Å². The Morgan fingerprint density at radius 2 is 1.81 bits per heavy atom. The number of ketones is 1. The number of methoxy groups -OCH3 is 1. The third-order valence-corrected chi connectivity index (χ3v) is 3.77. The maximum absolute atomic E-state index is 12.7. The van der Waals surface area contributed by atoms with Gasteiger partial charge in [-0.3, -0.25) is 14.2 Å². The minimum Gasteiger partial charge on any atom is -0.497 e. The van der Waals surface area contributed by atoms with Crippen molar-refractivity contribution >= 4 is 11.6 Å². The SMILES string of the molecule is COc1ccc(C(=O)c2ccc(=O)n3c2N(C)CC3)cc1. The number of benzene rings is 1. The van der Waals surface area contributed by atoms with Crippen molar-refractivity contribution in [3.05, 3.63) is 57.9 Å². The van der Waals surface area contributed by atoms with Crippen molar-refractivity contribution in [2.45, 2.75) is 6.54 Å². The molecule has 0 aliphatic carbocycles. The van der Waals surface area contributed by atoms with Crippen LogP contribution < -0.4 is 15.2 Å². The van der Waals surface area contributed by atoms with Crippen LogP contribution in [0.1, 0.15) is 15.9 Å². The lowest BCUT2D eigenvalue weighted by Gasteiger charge is -2.15. The molecule has 0 atom stereocenters. The summed E-state index contributed by atoms with van der Waals surface area (Å²) in [6.45, 7) is 1.36. The van der Waals surface area contributed by atoms with Crippen molar-refractivity contribution in [1.82, 2.24) is 4.57 Å². The summed E-state index contributed by atoms with van der Waals surface area (Å²) in [5.41, 5.74) is 1.07. The zero-order valence-electron chi connectivity index (χ0n) is 12.0. The molecule has 1 aromatic carbocycles. The van der Waals surface area contributed by atoms with Crippen molar-refractivity contribution in [3.63, 3.8) is 0 Å². The second-order valence-electron chi connectivity index (χ2n) is 5.04. The van der Waals surface area contributed by atoms with Crippen LogP contribution in [0.25, 0.3) is 0 Å². The number of likely N-dealkylation sites (N-methyl/N-ethyl adjacent to an activating group) is 1. The standard InChI is InChI=1S/C16H16N2O3/c1-17-9-10-18-14(19)8-7-13(16(17)18)15(20)11-3-5-12(21-2)6-4-11/h3-8H,9-10H2,1-2H3. The van der Waals surface area contributed by atoms with Gasteiger partial charge in [-0.15, -0.1) is 0 Å². The van der Waals surface area contributed by atoms with Crippen LogP contribution in [-0.4, -0.2) is 31.1 Å². The Kier molecular flexibility index (Phi) is 3.25. The molecule has 1 aromatic heterocycles. The highest BCUT2D eigenvalue weighted by Gasteiger charge is 2.24. The van der Waals surface area contributed by atoms with E-state index >= 15 is 0 Å². The van der Waals surface area contributed by atoms with Crippen LogP contribution in [-0.2, 0) is 6.54 Å². The molecule has 2 heterocycles. The minimum absolute atomic E-state index is 0.0689. The number of carbonyl (C=O) groups is 1. The number of hydrogen-bond acceptors (Lipinski definition) is 4. The molecule has 2 aromatic rings. The van der Waals surface area contributed by atoms with E-state index in [0.29, 0.717) is 29.2 Å². The van der Waals surface area contributed by atoms with E-state index in [-0.39, 0.29) is 11.3 Å². The van der Waals surface area contributed by atoms with Crippen LogP contribution >= 0.6 is 0 Å². The fourth-order valence-electron chi connectivity index (χ4n) is 2.63. The Hall–Kier alpha value is -2.56. The molecule has 1 aliphatic rings. The van der Waals surface area contributed by atoms with E-state index in [1.54, 1.807) is 42.0 Å². The third-order valence-electron chi connectivity index (χ3n) is 3.77. The maximum atomic E-state index is 12.7. The van der Waals surface area contributed by atoms with Crippen LogP contribution in [0.4, 0.5) is 5.82 Å². The number of anilines is 1. The minimum atomic E-state index is -0.0878. The second-order valence-corrected chi connectivity index (χ2v) is 5.04. The predicted octanol–water partition coefficient (Wildman–Crippen LogP) is 1.54. The average Bonchev–Trinajstić information content (AvgIpc) is 2.90. The number of nitrogens with zero attached hydrogens (tertiary/aromatic N) is 2. The molecule has 1 aliphatic heterocycles. The third kappa shape index (κ3) is 2.20. The summed E-state index contributed by atoms with van der Waals surface area (Å²) in [5.74, 6) is 1.32. The first-order valence-electron chi connectivity index (χ1n) is 6.75. The molecule has 0 unspecified atom stereocenters. The monoisotopic (exact) mass is 284 g/mol. The van der Waals surface area contributed by atoms with Gasteiger partial charge in [-0.1, -0.05) is 0 Å². The predicted molar refractivity (Wildman–Crippen MR) is 80.4 cm³/mol. The van der Waals surface area contributed by atoms with Crippen molar-refractivity contribution in [2.75, 3.05) is 25.6 Å². The Labute approximate surface area is 122 Å². The smallest absolute Gasteiger partial charge is 0.252 e. The molecule has 5 nitrogen and oxygen atoms in total. The van der Waals surface area contributed by atoms with Gasteiger partial charge in [0.2, 0.25) is 0 Å². The summed E-state index contributed by atoms with van der Waals surface area (Å²) in [6.07, 6.45) is 0. The van der Waals surface area contributed by atoms with Gasteiger partial charge in [0.05, 0.1) is 12.7 Å². The van der Waals surface area contributed by atoms with Gasteiger partial charge in [-0.05, 0) is 30.3 Å². The first kappa shape index (κ1) is 13.4. The van der Waals surface area contributed by atoms with Gasteiger partial charge >= 0.3 is 0 Å². The summed E-state index contributed by atoms with van der Waals surface area (Å²) in [5, 5.41) is 0. The van der Waals surface area contributed by atoms with Crippen LogP contribution in [0.2, 0.25) is 0 Å². The van der Waals surface area contributed by atoms with E-state index < -0.39 is 0 Å². The lowest BCUT2D eigenvalue weighted by Crippen LogP contribution is -2.21. The molecule has 0 saturated carbocycles. The zero-order valence-corrected chi connectivity index (χ0v) is 12.0. The molecule has 0 radical (unpaired) electrons. The molecule has 0 saturated heterocycles. The fraction of sp³-hybridized carbons (Fsp3) is 0.250. The highest BCUT2D eigenvalue weighted by Crippen LogP contribution is 2.25. The topological polar surface area (TPSA) is 51.5 Å². The summed E-state index contributed by atoms with van der Waals surface area (Å²) < 4.78 is 6.75. The molecule has 108 valence electrons. The van der Waals surface area contributed by atoms with Crippen molar-refractivity contribution < 1.29 is 9.53 Å². The van der Waals surface area contributed by atoms with Gasteiger partial charge < -0.3 is 9.64 Å². The molecule has 0 bridgehead atoms. The van der Waals surface area contributed by atoms with E-state index in [1.165, 1.54) is 6.07 Å². The first-order chi connectivity index (χ1) is 10.1. The molecule has 21 heavy (non-hydrogen) atoms. The van der Waals surface area contributed by atoms with Crippen molar-refractivity contribution in [2.24, 2.45) is 0 Å². The molecule has 0 fully saturated rings. The molecular formula is C16H16N2O3. The van der Waals surface area contributed by atoms with E-state index in [2.05, 4.69) is 0 Å². The largest absolute Gasteiger partial charge is 0.497 e. The Morgan fingerprint density at radius 3 is 2.48 bits per heavy atom. The average molecular weight is 284 g/mol. The molecule has 0 amide bonds. The van der Waals surface area contributed by atoms with Crippen LogP contribution in [0, 0.1) is 0 Å². The number of hydrogen-bond donors (Lipinski definition) is 0. The van der Waals surface area contributed by atoms with Crippen LogP contribution in [0.5, 0.6) is 5.75 Å². The van der Waals surface area contributed by atoms with Gasteiger partial charge in [0.1, 0.15) is 11.6 Å². The molecule has 0 spiro atoms. The Balaban J connectivity index is 2.06. The summed E-state index contributed by atoms with van der Waals surface area (Å²) >= 11 is 0. The van der Waals surface area contributed by atoms with Gasteiger partial charge in [-0.2, -0.15) is 0 Å². The number of fused-ring (bicyclic) bond motifs is 1. The highest BCUT2D eigenvalue weighted by atomic mass is 16.5. The summed E-state index contributed by atoms with van der Waals surface area (Å²) in [4.78, 5) is 26.5. The number of pyridine rings is 1. The Bertz CT molecular complexity index is 747. The summed E-state index contributed by atoms with van der Waals surface area (Å²) in [7, 11) is 3.48. The normalized spacial score (nSPS) is 13.1. The van der Waals surface area contributed by atoms with Gasteiger partial charge in [0.15, 0.2) is 5.78 Å². The molecule has 5 heteroatoms. The maximum Gasteiger partial charge on any atom is 0.252 e. The number of ether oxygens (including phenoxy) is 1. The lowest BCUT2D eigenvalue weighted by molar-refractivity contribution is 0.103. The summed E-state index contributed by atoms with van der Waals surface area (Å²) in [6, 6.07) is 10.1. The molecule has 3 rings (SSSR count). The number of aromatic nitrogens is 1. The van der Waals surface area contributed by atoms with Gasteiger partial charge in [0.25, 0.3) is 5.56 Å². The zero-order chi connectivity index (χ0) is 15.0. The second kappa shape index (κ2) is 5.09. The fourth-order valence-corrected chi connectivity index (χ4v) is 2.63. The molecular weight excluding hydrogens is 268 g/mol. The van der Waals surface area contributed by atoms with Crippen molar-refractivity contribution in [1.29, 1.82) is 0 Å². The quantitative estimate of drug-likeness (QED) is 0.802. The van der Waals surface area contributed by atoms with E-state index in [1.807, 2.05) is 11.9 Å². The number of rotatable bonds is 3. The van der Waals surface area contributed by atoms with Gasteiger partial charge in [-0.25, -0.2) is 0 Å².